The molecule has 34 heavy (non-hydrogen) atoms. The maximum atomic E-state index is 12.3. The molecular formula is C26H24N2O6. The molecule has 174 valence electrons. The van der Waals surface area contributed by atoms with Crippen molar-refractivity contribution < 1.29 is 28.7 Å². The molecular weight excluding hydrogens is 436 g/mol. The summed E-state index contributed by atoms with van der Waals surface area (Å²) in [6.07, 6.45) is 0. The minimum atomic E-state index is -0.760. The van der Waals surface area contributed by atoms with Gasteiger partial charge in [0.15, 0.2) is 6.61 Å². The SMILES string of the molecule is COC(=O)c1ccc(C)c(NC(=O)COC(=O)CNC(=O)c2ccc(-c3ccccc3)cc2)c1. The number of carbonyl (C=O) groups is 4. The van der Waals surface area contributed by atoms with Gasteiger partial charge in [-0.2, -0.15) is 0 Å². The Balaban J connectivity index is 1.46. The Morgan fingerprint density at radius 2 is 1.47 bits per heavy atom. The molecule has 8 heteroatoms. The van der Waals surface area contributed by atoms with E-state index in [9.17, 15) is 19.2 Å². The molecule has 0 bridgehead atoms. The normalized spacial score (nSPS) is 10.2. The van der Waals surface area contributed by atoms with Gasteiger partial charge in [-0.05, 0) is 47.9 Å². The highest BCUT2D eigenvalue weighted by Crippen LogP contribution is 2.19. The zero-order valence-corrected chi connectivity index (χ0v) is 18.8. The Hall–Kier alpha value is -4.46. The number of nitrogens with one attached hydrogen (secondary N) is 2. The first-order chi connectivity index (χ1) is 16.4. The number of hydrogen-bond donors (Lipinski definition) is 2. The van der Waals surface area contributed by atoms with Gasteiger partial charge in [-0.3, -0.25) is 14.4 Å². The van der Waals surface area contributed by atoms with Crippen molar-refractivity contribution in [3.63, 3.8) is 0 Å². The molecule has 0 aliphatic heterocycles. The summed E-state index contributed by atoms with van der Waals surface area (Å²) in [5.41, 5.74) is 3.79. The minimum Gasteiger partial charge on any atom is -0.465 e. The second kappa shape index (κ2) is 11.4. The first-order valence-corrected chi connectivity index (χ1v) is 10.5. The van der Waals surface area contributed by atoms with E-state index in [0.29, 0.717) is 11.3 Å². The van der Waals surface area contributed by atoms with Gasteiger partial charge in [0.25, 0.3) is 11.8 Å². The zero-order chi connectivity index (χ0) is 24.5. The van der Waals surface area contributed by atoms with Crippen LogP contribution in [0.3, 0.4) is 0 Å². The lowest BCUT2D eigenvalue weighted by Crippen LogP contribution is -2.32. The predicted molar refractivity (Wildman–Crippen MR) is 126 cm³/mol. The Labute approximate surface area is 196 Å². The van der Waals surface area contributed by atoms with Crippen molar-refractivity contribution in [2.24, 2.45) is 0 Å². The van der Waals surface area contributed by atoms with Crippen LogP contribution in [-0.4, -0.2) is 44.0 Å². The number of rotatable bonds is 8. The lowest BCUT2D eigenvalue weighted by Gasteiger charge is -2.11. The van der Waals surface area contributed by atoms with E-state index in [1.807, 2.05) is 42.5 Å². The molecule has 0 heterocycles. The highest BCUT2D eigenvalue weighted by Gasteiger charge is 2.13. The maximum Gasteiger partial charge on any atom is 0.337 e. The number of methoxy groups -OCH3 is 1. The fourth-order valence-corrected chi connectivity index (χ4v) is 3.08. The van der Waals surface area contributed by atoms with E-state index < -0.39 is 30.4 Å². The Bertz CT molecular complexity index is 1190. The van der Waals surface area contributed by atoms with Crippen molar-refractivity contribution in [2.75, 3.05) is 25.6 Å². The molecule has 0 unspecified atom stereocenters. The third kappa shape index (κ3) is 6.52. The fraction of sp³-hybridized carbons (Fsp3) is 0.154. The highest BCUT2D eigenvalue weighted by atomic mass is 16.5. The van der Waals surface area contributed by atoms with Gasteiger partial charge < -0.3 is 20.1 Å². The molecule has 0 fully saturated rings. The smallest absolute Gasteiger partial charge is 0.337 e. The molecule has 2 amide bonds. The quantitative estimate of drug-likeness (QED) is 0.499. The van der Waals surface area contributed by atoms with E-state index >= 15 is 0 Å². The summed E-state index contributed by atoms with van der Waals surface area (Å²) in [5, 5.41) is 5.05. The van der Waals surface area contributed by atoms with Gasteiger partial charge in [0.2, 0.25) is 0 Å². The van der Waals surface area contributed by atoms with Crippen LogP contribution >= 0.6 is 0 Å². The molecule has 0 aliphatic carbocycles. The van der Waals surface area contributed by atoms with E-state index in [1.54, 1.807) is 31.2 Å². The third-order valence-corrected chi connectivity index (χ3v) is 4.94. The first kappa shape index (κ1) is 24.2. The fourth-order valence-electron chi connectivity index (χ4n) is 3.08. The number of hydrogen-bond acceptors (Lipinski definition) is 6. The van der Waals surface area contributed by atoms with Crippen molar-refractivity contribution in [1.82, 2.24) is 5.32 Å². The summed E-state index contributed by atoms with van der Waals surface area (Å²) in [7, 11) is 1.26. The molecule has 3 aromatic carbocycles. The van der Waals surface area contributed by atoms with Crippen molar-refractivity contribution in [2.45, 2.75) is 6.92 Å². The molecule has 8 nitrogen and oxygen atoms in total. The average Bonchev–Trinajstić information content (AvgIpc) is 2.87. The van der Waals surface area contributed by atoms with E-state index in [2.05, 4.69) is 15.4 Å². The van der Waals surface area contributed by atoms with E-state index in [1.165, 1.54) is 13.2 Å². The largest absolute Gasteiger partial charge is 0.465 e. The van der Waals surface area contributed by atoms with Crippen LogP contribution < -0.4 is 10.6 Å². The van der Waals surface area contributed by atoms with Crippen LogP contribution in [-0.2, 0) is 19.1 Å². The summed E-state index contributed by atoms with van der Waals surface area (Å²) >= 11 is 0. The number of amides is 2. The number of carbonyl (C=O) groups excluding carboxylic acids is 4. The Morgan fingerprint density at radius 1 is 0.824 bits per heavy atom. The van der Waals surface area contributed by atoms with Gasteiger partial charge in [-0.15, -0.1) is 0 Å². The molecule has 0 radical (unpaired) electrons. The first-order valence-electron chi connectivity index (χ1n) is 10.5. The monoisotopic (exact) mass is 460 g/mol. The van der Waals surface area contributed by atoms with Crippen molar-refractivity contribution in [1.29, 1.82) is 0 Å². The molecule has 0 aromatic heterocycles. The molecule has 0 aliphatic rings. The molecule has 0 saturated heterocycles. The second-order valence-corrected chi connectivity index (χ2v) is 7.36. The lowest BCUT2D eigenvalue weighted by atomic mass is 10.0. The van der Waals surface area contributed by atoms with E-state index in [-0.39, 0.29) is 12.1 Å². The lowest BCUT2D eigenvalue weighted by molar-refractivity contribution is -0.146. The molecule has 0 atom stereocenters. The molecule has 0 spiro atoms. The van der Waals surface area contributed by atoms with Crippen LogP contribution in [0.1, 0.15) is 26.3 Å². The van der Waals surface area contributed by atoms with Gasteiger partial charge in [-0.25, -0.2) is 4.79 Å². The molecule has 3 aromatic rings. The van der Waals surface area contributed by atoms with Crippen molar-refractivity contribution in [3.8, 4) is 11.1 Å². The standard InChI is InChI=1S/C26H24N2O6/c1-17-8-9-21(26(32)33-2)14-22(17)28-23(29)16-34-24(30)15-27-25(31)20-12-10-19(11-13-20)18-6-4-3-5-7-18/h3-14H,15-16H2,1-2H3,(H,27,31)(H,28,29). The molecule has 0 saturated carbocycles. The summed E-state index contributed by atoms with van der Waals surface area (Å²) in [6, 6.07) is 21.4. The summed E-state index contributed by atoms with van der Waals surface area (Å²) in [5.74, 6) is -2.31. The Morgan fingerprint density at radius 3 is 2.15 bits per heavy atom. The van der Waals surface area contributed by atoms with Gasteiger partial charge in [-0.1, -0.05) is 48.5 Å². The number of anilines is 1. The number of benzene rings is 3. The van der Waals surface area contributed by atoms with E-state index in [4.69, 9.17) is 4.74 Å². The minimum absolute atomic E-state index is 0.278. The molecule has 3 rings (SSSR count). The summed E-state index contributed by atoms with van der Waals surface area (Å²) in [4.78, 5) is 48.0. The van der Waals surface area contributed by atoms with Crippen LogP contribution in [0, 0.1) is 6.92 Å². The van der Waals surface area contributed by atoms with Gasteiger partial charge in [0, 0.05) is 11.3 Å². The average molecular weight is 460 g/mol. The number of ether oxygens (including phenoxy) is 2. The highest BCUT2D eigenvalue weighted by molar-refractivity contribution is 5.98. The summed E-state index contributed by atoms with van der Waals surface area (Å²) in [6.45, 7) is 0.830. The van der Waals surface area contributed by atoms with Gasteiger partial charge >= 0.3 is 11.9 Å². The van der Waals surface area contributed by atoms with Crippen LogP contribution in [0.5, 0.6) is 0 Å². The van der Waals surface area contributed by atoms with Gasteiger partial charge in [0.05, 0.1) is 12.7 Å². The van der Waals surface area contributed by atoms with Crippen LogP contribution in [0.25, 0.3) is 11.1 Å². The van der Waals surface area contributed by atoms with E-state index in [0.717, 1.165) is 16.7 Å². The van der Waals surface area contributed by atoms with Gasteiger partial charge in [0.1, 0.15) is 6.54 Å². The topological polar surface area (TPSA) is 111 Å². The Kier molecular flexibility index (Phi) is 8.12. The maximum absolute atomic E-state index is 12.3. The third-order valence-electron chi connectivity index (χ3n) is 4.94. The number of aryl methyl sites for hydroxylation is 1. The molecule has 2 N–H and O–H groups in total. The van der Waals surface area contributed by atoms with Crippen molar-refractivity contribution >= 4 is 29.4 Å². The zero-order valence-electron chi connectivity index (χ0n) is 18.8. The number of esters is 2. The predicted octanol–water partition coefficient (Wildman–Crippen LogP) is 3.36. The van der Waals surface area contributed by atoms with Crippen LogP contribution in [0.4, 0.5) is 5.69 Å². The summed E-state index contributed by atoms with van der Waals surface area (Å²) < 4.78 is 9.58. The van der Waals surface area contributed by atoms with Crippen LogP contribution in [0.15, 0.2) is 72.8 Å². The second-order valence-electron chi connectivity index (χ2n) is 7.36. The van der Waals surface area contributed by atoms with Crippen molar-refractivity contribution in [3.05, 3.63) is 89.5 Å². The van der Waals surface area contributed by atoms with Crippen LogP contribution in [0.2, 0.25) is 0 Å².